The van der Waals surface area contributed by atoms with Crippen LogP contribution in [0.2, 0.25) is 0 Å². The maximum Gasteiger partial charge on any atom is 0.344 e. The van der Waals surface area contributed by atoms with Crippen LogP contribution >= 0.6 is 0 Å². The average Bonchev–Trinajstić information content (AvgIpc) is 2.81. The maximum absolute atomic E-state index is 12.2. The average molecular weight is 421 g/mol. The normalized spacial score (nSPS) is 11.4. The van der Waals surface area contributed by atoms with Crippen LogP contribution in [-0.2, 0) is 30.3 Å². The first-order valence-electron chi connectivity index (χ1n) is 9.73. The number of hydrogen-bond acceptors (Lipinski definition) is 6. The van der Waals surface area contributed by atoms with E-state index in [1.165, 1.54) is 7.11 Å². The molecular formula is C24H23NO6. The molecule has 0 radical (unpaired) electrons. The fraction of sp³-hybridized carbons (Fsp3) is 0.208. The van der Waals surface area contributed by atoms with Crippen LogP contribution in [0.5, 0.6) is 5.75 Å². The topological polar surface area (TPSA) is 90.9 Å². The van der Waals surface area contributed by atoms with Gasteiger partial charge in [0, 0.05) is 6.42 Å². The van der Waals surface area contributed by atoms with Gasteiger partial charge in [-0.3, -0.25) is 4.79 Å². The lowest BCUT2D eigenvalue weighted by molar-refractivity contribution is -0.151. The Kier molecular flexibility index (Phi) is 7.59. The van der Waals surface area contributed by atoms with Gasteiger partial charge < -0.3 is 19.5 Å². The molecule has 3 rings (SSSR count). The third-order valence-corrected chi connectivity index (χ3v) is 4.55. The van der Waals surface area contributed by atoms with Crippen molar-refractivity contribution in [1.29, 1.82) is 0 Å². The highest BCUT2D eigenvalue weighted by atomic mass is 16.6. The number of benzene rings is 3. The van der Waals surface area contributed by atoms with Crippen LogP contribution in [-0.4, -0.2) is 44.2 Å². The molecule has 160 valence electrons. The lowest BCUT2D eigenvalue weighted by Gasteiger charge is -2.16. The summed E-state index contributed by atoms with van der Waals surface area (Å²) >= 11 is 0. The van der Waals surface area contributed by atoms with Gasteiger partial charge in [-0.1, -0.05) is 60.7 Å². The summed E-state index contributed by atoms with van der Waals surface area (Å²) in [5.41, 5.74) is 0.860. The first-order chi connectivity index (χ1) is 15.0. The van der Waals surface area contributed by atoms with Crippen LogP contribution in [0, 0.1) is 0 Å². The zero-order valence-electron chi connectivity index (χ0n) is 17.1. The van der Waals surface area contributed by atoms with Gasteiger partial charge in [-0.15, -0.1) is 0 Å². The highest BCUT2D eigenvalue weighted by molar-refractivity contribution is 5.87. The smallest absolute Gasteiger partial charge is 0.344 e. The van der Waals surface area contributed by atoms with E-state index >= 15 is 0 Å². The fourth-order valence-corrected chi connectivity index (χ4v) is 3.01. The maximum atomic E-state index is 12.2. The molecule has 7 nitrogen and oxygen atoms in total. The summed E-state index contributed by atoms with van der Waals surface area (Å²) in [6.07, 6.45) is 0.262. The number of amides is 1. The SMILES string of the molecule is COC(=O)[C@@H](Cc1ccccc1)NC(=O)COC(=O)COc1ccc2ccccc2c1. The summed E-state index contributed by atoms with van der Waals surface area (Å²) < 4.78 is 15.1. The lowest BCUT2D eigenvalue weighted by Crippen LogP contribution is -2.44. The molecule has 3 aromatic rings. The molecule has 0 unspecified atom stereocenters. The van der Waals surface area contributed by atoms with Gasteiger partial charge in [-0.05, 0) is 28.5 Å². The molecule has 0 aliphatic carbocycles. The molecule has 3 aromatic carbocycles. The molecule has 1 amide bonds. The van der Waals surface area contributed by atoms with Gasteiger partial charge in [0.1, 0.15) is 11.8 Å². The van der Waals surface area contributed by atoms with Crippen LogP contribution in [0.3, 0.4) is 0 Å². The van der Waals surface area contributed by atoms with Gasteiger partial charge in [0.05, 0.1) is 7.11 Å². The highest BCUT2D eigenvalue weighted by Crippen LogP contribution is 2.20. The predicted octanol–water partition coefficient (Wildman–Crippen LogP) is 2.66. The number of hydrogen-bond donors (Lipinski definition) is 1. The van der Waals surface area contributed by atoms with Crippen molar-refractivity contribution in [1.82, 2.24) is 5.32 Å². The zero-order valence-corrected chi connectivity index (χ0v) is 17.1. The minimum atomic E-state index is -0.882. The van der Waals surface area contributed by atoms with Crippen LogP contribution in [0.15, 0.2) is 72.8 Å². The van der Waals surface area contributed by atoms with Crippen LogP contribution < -0.4 is 10.1 Å². The van der Waals surface area contributed by atoms with E-state index in [-0.39, 0.29) is 13.0 Å². The molecule has 0 aromatic heterocycles. The Balaban J connectivity index is 1.46. The second kappa shape index (κ2) is 10.8. The minimum Gasteiger partial charge on any atom is -0.482 e. The van der Waals surface area contributed by atoms with E-state index < -0.39 is 30.5 Å². The Morgan fingerprint density at radius 1 is 0.871 bits per heavy atom. The minimum absolute atomic E-state index is 0.262. The Bertz CT molecular complexity index is 1050. The zero-order chi connectivity index (χ0) is 22.1. The number of nitrogens with one attached hydrogen (secondary N) is 1. The summed E-state index contributed by atoms with van der Waals surface area (Å²) in [6, 6.07) is 21.6. The summed E-state index contributed by atoms with van der Waals surface area (Å²) in [6.45, 7) is -0.863. The Morgan fingerprint density at radius 2 is 1.58 bits per heavy atom. The molecule has 0 heterocycles. The van der Waals surface area contributed by atoms with Crippen molar-refractivity contribution in [2.24, 2.45) is 0 Å². The number of methoxy groups -OCH3 is 1. The molecule has 1 atom stereocenters. The third kappa shape index (κ3) is 6.57. The molecule has 0 spiro atoms. The van der Waals surface area contributed by atoms with Crippen molar-refractivity contribution in [3.05, 3.63) is 78.4 Å². The number of esters is 2. The molecule has 1 N–H and O–H groups in total. The van der Waals surface area contributed by atoms with Crippen molar-refractivity contribution < 1.29 is 28.6 Å². The quantitative estimate of drug-likeness (QED) is 0.534. The molecule has 0 saturated carbocycles. The van der Waals surface area contributed by atoms with Crippen molar-refractivity contribution >= 4 is 28.6 Å². The summed E-state index contributed by atoms with van der Waals surface area (Å²) in [4.78, 5) is 36.1. The van der Waals surface area contributed by atoms with Crippen LogP contribution in [0.4, 0.5) is 0 Å². The molecule has 0 fully saturated rings. The second-order valence-electron chi connectivity index (χ2n) is 6.79. The number of rotatable bonds is 9. The predicted molar refractivity (Wildman–Crippen MR) is 114 cm³/mol. The molecule has 0 saturated heterocycles. The van der Waals surface area contributed by atoms with Crippen molar-refractivity contribution in [2.75, 3.05) is 20.3 Å². The standard InChI is InChI=1S/C24H23NO6/c1-29-24(28)21(13-17-7-3-2-4-8-17)25-22(26)15-31-23(27)16-30-20-12-11-18-9-5-6-10-19(18)14-20/h2-12,14,21H,13,15-16H2,1H3,(H,25,26)/t21-/m1/s1. The van der Waals surface area contributed by atoms with E-state index in [2.05, 4.69) is 5.32 Å². The van der Waals surface area contributed by atoms with E-state index in [1.807, 2.05) is 66.7 Å². The fourth-order valence-electron chi connectivity index (χ4n) is 3.01. The van der Waals surface area contributed by atoms with Gasteiger partial charge in [-0.2, -0.15) is 0 Å². The van der Waals surface area contributed by atoms with E-state index in [9.17, 15) is 14.4 Å². The van der Waals surface area contributed by atoms with Crippen molar-refractivity contribution in [2.45, 2.75) is 12.5 Å². The molecular weight excluding hydrogens is 398 g/mol. The second-order valence-corrected chi connectivity index (χ2v) is 6.79. The van der Waals surface area contributed by atoms with Crippen molar-refractivity contribution in [3.8, 4) is 5.75 Å². The Hall–Kier alpha value is -3.87. The Morgan fingerprint density at radius 3 is 2.32 bits per heavy atom. The number of carbonyl (C=O) groups excluding carboxylic acids is 3. The van der Waals surface area contributed by atoms with Gasteiger partial charge in [-0.25, -0.2) is 9.59 Å². The highest BCUT2D eigenvalue weighted by Gasteiger charge is 2.22. The molecule has 7 heteroatoms. The van der Waals surface area contributed by atoms with Gasteiger partial charge >= 0.3 is 11.9 Å². The first kappa shape index (κ1) is 21.8. The summed E-state index contributed by atoms with van der Waals surface area (Å²) in [5, 5.41) is 4.58. The summed E-state index contributed by atoms with van der Waals surface area (Å²) in [5.74, 6) is -1.36. The first-order valence-corrected chi connectivity index (χ1v) is 9.73. The number of carbonyl (C=O) groups is 3. The number of fused-ring (bicyclic) bond motifs is 1. The summed E-state index contributed by atoms with van der Waals surface area (Å²) in [7, 11) is 1.25. The molecule has 0 aliphatic rings. The van der Waals surface area contributed by atoms with Crippen LogP contribution in [0.1, 0.15) is 5.56 Å². The molecule has 31 heavy (non-hydrogen) atoms. The third-order valence-electron chi connectivity index (χ3n) is 4.55. The monoisotopic (exact) mass is 421 g/mol. The van der Waals surface area contributed by atoms with E-state index in [0.717, 1.165) is 16.3 Å². The van der Waals surface area contributed by atoms with Gasteiger partial charge in [0.25, 0.3) is 5.91 Å². The lowest BCUT2D eigenvalue weighted by atomic mass is 10.1. The Labute approximate surface area is 179 Å². The van der Waals surface area contributed by atoms with E-state index in [1.54, 1.807) is 6.07 Å². The van der Waals surface area contributed by atoms with Crippen LogP contribution in [0.25, 0.3) is 10.8 Å². The van der Waals surface area contributed by atoms with E-state index in [0.29, 0.717) is 5.75 Å². The van der Waals surface area contributed by atoms with E-state index in [4.69, 9.17) is 14.2 Å². The molecule has 0 bridgehead atoms. The number of ether oxygens (including phenoxy) is 3. The van der Waals surface area contributed by atoms with Gasteiger partial charge in [0.15, 0.2) is 13.2 Å². The molecule has 0 aliphatic heterocycles. The van der Waals surface area contributed by atoms with Crippen molar-refractivity contribution in [3.63, 3.8) is 0 Å². The van der Waals surface area contributed by atoms with Gasteiger partial charge in [0.2, 0.25) is 0 Å². The largest absolute Gasteiger partial charge is 0.482 e.